The molecule has 2 aromatic carbocycles. The number of anilines is 1. The summed E-state index contributed by atoms with van der Waals surface area (Å²) in [7, 11) is -1.02. The second kappa shape index (κ2) is 9.57. The molecule has 0 spiro atoms. The van der Waals surface area contributed by atoms with E-state index in [4.69, 9.17) is 21.1 Å². The minimum absolute atomic E-state index is 0.00809. The van der Waals surface area contributed by atoms with Crippen LogP contribution < -0.4 is 19.2 Å². The van der Waals surface area contributed by atoms with E-state index in [9.17, 15) is 17.6 Å². The first-order valence-corrected chi connectivity index (χ1v) is 10.4. The van der Waals surface area contributed by atoms with E-state index in [1.54, 1.807) is 0 Å². The van der Waals surface area contributed by atoms with Crippen LogP contribution >= 0.6 is 11.6 Å². The van der Waals surface area contributed by atoms with Crippen LogP contribution in [-0.4, -0.2) is 47.6 Å². The largest absolute Gasteiger partial charge is 0.497 e. The van der Waals surface area contributed by atoms with Crippen molar-refractivity contribution >= 4 is 39.4 Å². The van der Waals surface area contributed by atoms with Crippen molar-refractivity contribution in [3.8, 4) is 11.5 Å². The predicted molar refractivity (Wildman–Crippen MR) is 109 cm³/mol. The molecule has 2 rings (SSSR count). The van der Waals surface area contributed by atoms with Gasteiger partial charge in [0.05, 0.1) is 37.4 Å². The number of methoxy groups -OCH3 is 2. The number of hydrazone groups is 1. The van der Waals surface area contributed by atoms with Crippen molar-refractivity contribution in [3.63, 3.8) is 0 Å². The highest BCUT2D eigenvalue weighted by atomic mass is 35.5. The smallest absolute Gasteiger partial charge is 0.260 e. The van der Waals surface area contributed by atoms with Gasteiger partial charge in [0, 0.05) is 11.6 Å². The highest BCUT2D eigenvalue weighted by molar-refractivity contribution is 7.92. The van der Waals surface area contributed by atoms with Crippen LogP contribution in [0.2, 0.25) is 5.02 Å². The Hall–Kier alpha value is -2.85. The summed E-state index contributed by atoms with van der Waals surface area (Å²) in [6, 6.07) is 8.57. The van der Waals surface area contributed by atoms with Gasteiger partial charge in [-0.3, -0.25) is 9.10 Å². The van der Waals surface area contributed by atoms with Gasteiger partial charge in [-0.1, -0.05) is 17.7 Å². The lowest BCUT2D eigenvalue weighted by atomic mass is 10.2. The number of carbonyl (C=O) groups excluding carboxylic acids is 1. The number of benzene rings is 2. The molecule has 2 aromatic rings. The first-order chi connectivity index (χ1) is 13.7. The van der Waals surface area contributed by atoms with Gasteiger partial charge >= 0.3 is 0 Å². The normalized spacial score (nSPS) is 11.3. The van der Waals surface area contributed by atoms with Gasteiger partial charge in [-0.05, 0) is 24.3 Å². The van der Waals surface area contributed by atoms with Gasteiger partial charge < -0.3 is 9.47 Å². The zero-order valence-corrected chi connectivity index (χ0v) is 17.4. The molecule has 1 N–H and O–H groups in total. The first-order valence-electron chi connectivity index (χ1n) is 8.13. The van der Waals surface area contributed by atoms with Crippen LogP contribution in [0.25, 0.3) is 0 Å². The number of nitrogens with one attached hydrogen (secondary N) is 1. The molecule has 8 nitrogen and oxygen atoms in total. The molecule has 0 saturated heterocycles. The molecule has 0 saturated carbocycles. The van der Waals surface area contributed by atoms with E-state index >= 15 is 0 Å². The fourth-order valence-corrected chi connectivity index (χ4v) is 3.41. The van der Waals surface area contributed by atoms with Crippen molar-refractivity contribution in [3.05, 3.63) is 52.8 Å². The Morgan fingerprint density at radius 3 is 2.59 bits per heavy atom. The van der Waals surface area contributed by atoms with E-state index in [0.717, 1.165) is 16.8 Å². The number of halogens is 2. The third-order valence-corrected chi connectivity index (χ3v) is 5.18. The second-order valence-corrected chi connectivity index (χ2v) is 8.05. The zero-order chi connectivity index (χ0) is 21.6. The minimum Gasteiger partial charge on any atom is -0.497 e. The number of sulfonamides is 1. The Morgan fingerprint density at radius 2 is 2.00 bits per heavy atom. The molecular formula is C18H19ClFN3O5S. The molecular weight excluding hydrogens is 425 g/mol. The summed E-state index contributed by atoms with van der Waals surface area (Å²) in [5.74, 6) is -0.715. The number of rotatable bonds is 8. The molecule has 29 heavy (non-hydrogen) atoms. The van der Waals surface area contributed by atoms with Gasteiger partial charge in [0.15, 0.2) is 0 Å². The molecule has 0 heterocycles. The quantitative estimate of drug-likeness (QED) is 0.499. The lowest BCUT2D eigenvalue weighted by molar-refractivity contribution is -0.119. The molecule has 11 heteroatoms. The number of hydrogen-bond donors (Lipinski definition) is 1. The maximum Gasteiger partial charge on any atom is 0.260 e. The van der Waals surface area contributed by atoms with E-state index in [-0.39, 0.29) is 22.0 Å². The molecule has 0 fully saturated rings. The topological polar surface area (TPSA) is 97.3 Å². The van der Waals surface area contributed by atoms with Gasteiger partial charge in [0.2, 0.25) is 10.0 Å². The predicted octanol–water partition coefficient (Wildman–Crippen LogP) is 2.41. The number of carbonyl (C=O) groups is 1. The fraction of sp³-hybridized carbons (Fsp3) is 0.222. The standard InChI is InChI=1S/C18H19ClFN3O5S/c1-27-12-7-8-16(17(9-12)28-2)23(29(3,25)26)11-18(24)22-21-10-13-14(19)5-4-6-15(13)20/h4-10H,11H2,1-3H3,(H,22,24)/b21-10-. The Bertz CT molecular complexity index is 1010. The molecule has 0 aliphatic carbocycles. The van der Waals surface area contributed by atoms with Crippen molar-refractivity contribution < 1.29 is 27.1 Å². The number of nitrogens with zero attached hydrogens (tertiary/aromatic N) is 2. The maximum atomic E-state index is 13.7. The van der Waals surface area contributed by atoms with Crippen LogP contribution in [-0.2, 0) is 14.8 Å². The molecule has 1 amide bonds. The van der Waals surface area contributed by atoms with Crippen LogP contribution in [0, 0.1) is 5.82 Å². The molecule has 0 aromatic heterocycles. The molecule has 0 unspecified atom stereocenters. The first kappa shape index (κ1) is 22.4. The highest BCUT2D eigenvalue weighted by Crippen LogP contribution is 2.33. The van der Waals surface area contributed by atoms with Gasteiger partial charge in [0.25, 0.3) is 5.91 Å². The van der Waals surface area contributed by atoms with Crippen molar-refractivity contribution in [1.82, 2.24) is 5.43 Å². The summed E-state index contributed by atoms with van der Waals surface area (Å²) in [6.45, 7) is -0.579. The van der Waals surface area contributed by atoms with Gasteiger partial charge in [-0.15, -0.1) is 0 Å². The molecule has 0 atom stereocenters. The Balaban J connectivity index is 2.21. The second-order valence-electron chi connectivity index (χ2n) is 5.74. The van der Waals surface area contributed by atoms with Gasteiger partial charge in [-0.25, -0.2) is 18.2 Å². The summed E-state index contributed by atoms with van der Waals surface area (Å²) >= 11 is 5.87. The van der Waals surface area contributed by atoms with Crippen molar-refractivity contribution in [2.24, 2.45) is 5.10 Å². The monoisotopic (exact) mass is 443 g/mol. The summed E-state index contributed by atoms with van der Waals surface area (Å²) in [6.07, 6.45) is 1.99. The molecule has 0 aliphatic heterocycles. The van der Waals surface area contributed by atoms with Crippen molar-refractivity contribution in [2.45, 2.75) is 0 Å². The van der Waals surface area contributed by atoms with Crippen LogP contribution in [0.4, 0.5) is 10.1 Å². The van der Waals surface area contributed by atoms with E-state index in [1.165, 1.54) is 50.6 Å². The maximum absolute atomic E-state index is 13.7. The van der Waals surface area contributed by atoms with E-state index in [2.05, 4.69) is 10.5 Å². The molecule has 0 aliphatic rings. The fourth-order valence-electron chi connectivity index (χ4n) is 2.34. The number of ether oxygens (including phenoxy) is 2. The molecule has 156 valence electrons. The van der Waals surface area contributed by atoms with Crippen LogP contribution in [0.1, 0.15) is 5.56 Å². The lowest BCUT2D eigenvalue weighted by Crippen LogP contribution is -2.39. The van der Waals surface area contributed by atoms with Crippen LogP contribution in [0.15, 0.2) is 41.5 Å². The van der Waals surface area contributed by atoms with Crippen molar-refractivity contribution in [1.29, 1.82) is 0 Å². The summed E-state index contributed by atoms with van der Waals surface area (Å²) in [5.41, 5.74) is 2.29. The minimum atomic E-state index is -3.84. The molecule has 0 radical (unpaired) electrons. The Labute approximate surface area is 172 Å². The highest BCUT2D eigenvalue weighted by Gasteiger charge is 2.24. The van der Waals surface area contributed by atoms with Crippen LogP contribution in [0.3, 0.4) is 0 Å². The lowest BCUT2D eigenvalue weighted by Gasteiger charge is -2.23. The number of amides is 1. The number of hydrogen-bond acceptors (Lipinski definition) is 6. The summed E-state index contributed by atoms with van der Waals surface area (Å²) in [5, 5.41) is 3.75. The third kappa shape index (κ3) is 5.81. The average molecular weight is 444 g/mol. The summed E-state index contributed by atoms with van der Waals surface area (Å²) < 4.78 is 49.3. The van der Waals surface area contributed by atoms with Gasteiger partial charge in [-0.2, -0.15) is 5.10 Å². The van der Waals surface area contributed by atoms with Crippen LogP contribution in [0.5, 0.6) is 11.5 Å². The molecule has 0 bridgehead atoms. The van der Waals surface area contributed by atoms with Crippen molar-refractivity contribution in [2.75, 3.05) is 31.3 Å². The Kier molecular flexibility index (Phi) is 7.40. The third-order valence-electron chi connectivity index (χ3n) is 3.73. The summed E-state index contributed by atoms with van der Waals surface area (Å²) in [4.78, 5) is 12.2. The SMILES string of the molecule is COc1ccc(N(CC(=O)N/N=C\c2c(F)cccc2Cl)S(C)(=O)=O)c(OC)c1. The average Bonchev–Trinajstić information content (AvgIpc) is 2.67. The van der Waals surface area contributed by atoms with Gasteiger partial charge in [0.1, 0.15) is 23.9 Å². The van der Waals surface area contributed by atoms with E-state index in [0.29, 0.717) is 5.75 Å². The Morgan fingerprint density at radius 1 is 1.28 bits per heavy atom. The zero-order valence-electron chi connectivity index (χ0n) is 15.8. The van der Waals surface area contributed by atoms with E-state index in [1.807, 2.05) is 0 Å². The van der Waals surface area contributed by atoms with E-state index < -0.39 is 28.3 Å².